The van der Waals surface area contributed by atoms with Crippen molar-refractivity contribution in [2.45, 2.75) is 44.8 Å². The maximum atomic E-state index is 14.7. The lowest BCUT2D eigenvalue weighted by Crippen LogP contribution is -2.67. The predicted molar refractivity (Wildman–Crippen MR) is 116 cm³/mol. The summed E-state index contributed by atoms with van der Waals surface area (Å²) in [6.45, 7) is 5.93. The summed E-state index contributed by atoms with van der Waals surface area (Å²) in [6, 6.07) is 1.12. The summed E-state index contributed by atoms with van der Waals surface area (Å²) in [4.78, 5) is 37.7. The Labute approximate surface area is 180 Å². The molecule has 2 atom stereocenters. The molecule has 2 aromatic rings. The van der Waals surface area contributed by atoms with Crippen molar-refractivity contribution in [2.75, 3.05) is 43.2 Å². The minimum absolute atomic E-state index is 0.0601. The summed E-state index contributed by atoms with van der Waals surface area (Å²) in [6.07, 6.45) is 1.34. The largest absolute Gasteiger partial charge is 0.381 e. The SMILES string of the molecule is Cc1nc2c(cc1F)c1c(c(=O)n2C)N(C2CCOCC2)C(=O)C2CN(C)C(C)CN12. The van der Waals surface area contributed by atoms with Gasteiger partial charge in [0.05, 0.1) is 11.4 Å². The molecular formula is C22H28FN5O3. The Hall–Kier alpha value is -2.52. The second-order valence-electron chi connectivity index (χ2n) is 9.00. The third kappa shape index (κ3) is 2.97. The number of nitrogens with zero attached hydrogens (tertiary/aromatic N) is 5. The highest BCUT2D eigenvalue weighted by Gasteiger charge is 2.47. The molecule has 0 N–H and O–H groups in total. The monoisotopic (exact) mass is 429 g/mol. The van der Waals surface area contributed by atoms with Crippen LogP contribution in [-0.2, 0) is 16.6 Å². The first kappa shape index (κ1) is 20.4. The fourth-order valence-corrected chi connectivity index (χ4v) is 5.13. The molecule has 0 saturated carbocycles. The van der Waals surface area contributed by atoms with E-state index in [1.165, 1.54) is 10.6 Å². The fourth-order valence-electron chi connectivity index (χ4n) is 5.13. The maximum Gasteiger partial charge on any atom is 0.278 e. The van der Waals surface area contributed by atoms with Crippen LogP contribution in [-0.4, -0.2) is 71.8 Å². The molecule has 0 aliphatic carbocycles. The molecule has 9 heteroatoms. The number of fused-ring (bicyclic) bond motifs is 5. The maximum absolute atomic E-state index is 14.7. The molecule has 2 saturated heterocycles. The number of piperazine rings is 1. The molecule has 0 spiro atoms. The molecule has 8 nitrogen and oxygen atoms in total. The molecule has 1 amide bonds. The molecule has 5 rings (SSSR count). The van der Waals surface area contributed by atoms with Gasteiger partial charge in [0, 0.05) is 50.8 Å². The van der Waals surface area contributed by atoms with Gasteiger partial charge in [-0.1, -0.05) is 0 Å². The molecule has 0 radical (unpaired) electrons. The van der Waals surface area contributed by atoms with Gasteiger partial charge < -0.3 is 14.5 Å². The highest BCUT2D eigenvalue weighted by Crippen LogP contribution is 2.42. The van der Waals surface area contributed by atoms with E-state index in [0.29, 0.717) is 61.6 Å². The Morgan fingerprint density at radius 3 is 2.55 bits per heavy atom. The summed E-state index contributed by atoms with van der Waals surface area (Å²) < 4.78 is 21.6. The summed E-state index contributed by atoms with van der Waals surface area (Å²) in [5.41, 5.74) is 1.41. The number of pyridine rings is 2. The molecular weight excluding hydrogens is 401 g/mol. The van der Waals surface area contributed by atoms with Crippen LogP contribution in [0.3, 0.4) is 0 Å². The van der Waals surface area contributed by atoms with E-state index in [2.05, 4.69) is 16.8 Å². The molecule has 2 aromatic heterocycles. The number of halogens is 1. The predicted octanol–water partition coefficient (Wildman–Crippen LogP) is 1.42. The number of carbonyl (C=O) groups is 1. The Morgan fingerprint density at radius 2 is 1.84 bits per heavy atom. The summed E-state index contributed by atoms with van der Waals surface area (Å²) in [5, 5.41) is 0.575. The Bertz CT molecular complexity index is 1130. The van der Waals surface area contributed by atoms with Crippen LogP contribution in [0, 0.1) is 12.7 Å². The van der Waals surface area contributed by atoms with E-state index < -0.39 is 11.9 Å². The van der Waals surface area contributed by atoms with Gasteiger partial charge in [0.15, 0.2) is 0 Å². The zero-order chi connectivity index (χ0) is 22.0. The van der Waals surface area contributed by atoms with Crippen molar-refractivity contribution < 1.29 is 13.9 Å². The van der Waals surface area contributed by atoms with Crippen molar-refractivity contribution in [3.8, 4) is 0 Å². The van der Waals surface area contributed by atoms with E-state index in [1.54, 1.807) is 18.9 Å². The average molecular weight is 429 g/mol. The molecule has 5 heterocycles. The van der Waals surface area contributed by atoms with Crippen molar-refractivity contribution in [1.29, 1.82) is 0 Å². The van der Waals surface area contributed by atoms with Crippen LogP contribution in [0.2, 0.25) is 0 Å². The van der Waals surface area contributed by atoms with Crippen LogP contribution in [0.5, 0.6) is 0 Å². The third-order valence-corrected chi connectivity index (χ3v) is 7.09. The molecule has 2 unspecified atom stereocenters. The van der Waals surface area contributed by atoms with Crippen LogP contribution in [0.1, 0.15) is 25.5 Å². The van der Waals surface area contributed by atoms with Crippen LogP contribution in [0.4, 0.5) is 15.8 Å². The number of aryl methyl sites for hydroxylation is 2. The van der Waals surface area contributed by atoms with Crippen LogP contribution >= 0.6 is 0 Å². The summed E-state index contributed by atoms with van der Waals surface area (Å²) in [5.74, 6) is -0.475. The number of carbonyl (C=O) groups excluding carboxylic acids is 1. The van der Waals surface area contributed by atoms with Gasteiger partial charge in [-0.15, -0.1) is 0 Å². The number of amides is 1. The first-order valence-electron chi connectivity index (χ1n) is 10.9. The lowest BCUT2D eigenvalue weighted by atomic mass is 9.95. The Kier molecular flexibility index (Phi) is 4.78. The van der Waals surface area contributed by atoms with Crippen molar-refractivity contribution in [3.63, 3.8) is 0 Å². The van der Waals surface area contributed by atoms with Gasteiger partial charge in [0.1, 0.15) is 23.2 Å². The summed E-state index contributed by atoms with van der Waals surface area (Å²) in [7, 11) is 3.65. The fraction of sp³-hybridized carbons (Fsp3) is 0.591. The van der Waals surface area contributed by atoms with Gasteiger partial charge in [0.2, 0.25) is 0 Å². The van der Waals surface area contributed by atoms with E-state index in [0.717, 1.165) is 0 Å². The first-order chi connectivity index (χ1) is 14.8. The topological polar surface area (TPSA) is 70.9 Å². The minimum Gasteiger partial charge on any atom is -0.381 e. The van der Waals surface area contributed by atoms with E-state index in [4.69, 9.17) is 4.74 Å². The van der Waals surface area contributed by atoms with E-state index in [-0.39, 0.29) is 29.2 Å². The number of hydrogen-bond acceptors (Lipinski definition) is 6. The van der Waals surface area contributed by atoms with Crippen molar-refractivity contribution >= 4 is 28.3 Å². The highest BCUT2D eigenvalue weighted by atomic mass is 19.1. The van der Waals surface area contributed by atoms with Gasteiger partial charge >= 0.3 is 0 Å². The quantitative estimate of drug-likeness (QED) is 0.683. The lowest BCUT2D eigenvalue weighted by Gasteiger charge is -2.51. The molecule has 0 aromatic carbocycles. The van der Waals surface area contributed by atoms with Gasteiger partial charge in [-0.25, -0.2) is 9.37 Å². The van der Waals surface area contributed by atoms with Crippen LogP contribution < -0.4 is 15.4 Å². The smallest absolute Gasteiger partial charge is 0.278 e. The zero-order valence-corrected chi connectivity index (χ0v) is 18.4. The number of likely N-dealkylation sites (N-methyl/N-ethyl adjacent to an activating group) is 1. The van der Waals surface area contributed by atoms with Crippen molar-refractivity contribution in [2.24, 2.45) is 7.05 Å². The molecule has 0 bridgehead atoms. The third-order valence-electron chi connectivity index (χ3n) is 7.09. The number of hydrogen-bond donors (Lipinski definition) is 0. The number of aromatic nitrogens is 2. The molecule has 3 aliphatic rings. The second-order valence-corrected chi connectivity index (χ2v) is 9.00. The zero-order valence-electron chi connectivity index (χ0n) is 18.4. The number of anilines is 2. The van der Waals surface area contributed by atoms with Gasteiger partial charge in [-0.3, -0.25) is 19.1 Å². The minimum atomic E-state index is -0.420. The molecule has 31 heavy (non-hydrogen) atoms. The Balaban J connectivity index is 1.83. The van der Waals surface area contributed by atoms with Gasteiger partial charge in [-0.05, 0) is 39.8 Å². The number of ether oxygens (including phenoxy) is 1. The van der Waals surface area contributed by atoms with Crippen LogP contribution in [0.25, 0.3) is 11.0 Å². The summed E-state index contributed by atoms with van der Waals surface area (Å²) >= 11 is 0. The van der Waals surface area contributed by atoms with Gasteiger partial charge in [-0.2, -0.15) is 0 Å². The molecule has 3 aliphatic heterocycles. The van der Waals surface area contributed by atoms with E-state index in [1.807, 2.05) is 11.9 Å². The Morgan fingerprint density at radius 1 is 1.13 bits per heavy atom. The standard InChI is InChI=1S/C22H28FN5O3/c1-12-10-27-17(11-25(12)3)21(29)28(14-5-7-31-8-6-14)19-18(27)15-9-16(23)13(2)24-20(15)26(4)22(19)30/h9,12,14,17H,5-8,10-11H2,1-4H3. The average Bonchev–Trinajstić information content (AvgIpc) is 2.75. The lowest BCUT2D eigenvalue weighted by molar-refractivity contribution is -0.122. The second kappa shape index (κ2) is 7.27. The van der Waals surface area contributed by atoms with Crippen molar-refractivity contribution in [1.82, 2.24) is 14.5 Å². The molecule has 2 fully saturated rings. The highest BCUT2D eigenvalue weighted by molar-refractivity contribution is 6.11. The van der Waals surface area contributed by atoms with E-state index >= 15 is 0 Å². The van der Waals surface area contributed by atoms with Crippen LogP contribution in [0.15, 0.2) is 10.9 Å². The molecule has 166 valence electrons. The van der Waals surface area contributed by atoms with Gasteiger partial charge in [0.25, 0.3) is 11.5 Å². The number of rotatable bonds is 1. The van der Waals surface area contributed by atoms with E-state index in [9.17, 15) is 14.0 Å². The van der Waals surface area contributed by atoms with Crippen molar-refractivity contribution in [3.05, 3.63) is 27.9 Å². The normalized spacial score (nSPS) is 25.1. The first-order valence-corrected chi connectivity index (χ1v) is 10.9.